The lowest BCUT2D eigenvalue weighted by atomic mass is 10.0. The maximum atomic E-state index is 13.9. The summed E-state index contributed by atoms with van der Waals surface area (Å²) in [7, 11) is 0. The third-order valence-corrected chi connectivity index (χ3v) is 5.27. The molecule has 2 N–H and O–H groups in total. The Morgan fingerprint density at radius 2 is 1.95 bits per heavy atom. The highest BCUT2D eigenvalue weighted by atomic mass is 19.1. The predicted molar refractivity (Wildman–Crippen MR) is 68.6 cm³/mol. The first-order valence-corrected chi connectivity index (χ1v) is 6.94. The van der Waals surface area contributed by atoms with Crippen LogP contribution in [0.4, 0.5) is 10.1 Å². The van der Waals surface area contributed by atoms with Crippen molar-refractivity contribution in [3.8, 4) is 0 Å². The normalized spacial score (nSPS) is 38.1. The fourth-order valence-corrected chi connectivity index (χ4v) is 4.46. The van der Waals surface area contributed by atoms with Gasteiger partial charge in [0.1, 0.15) is 5.82 Å². The van der Waals surface area contributed by atoms with E-state index in [1.54, 1.807) is 6.07 Å². The third-order valence-electron chi connectivity index (χ3n) is 5.27. The summed E-state index contributed by atoms with van der Waals surface area (Å²) in [5, 5.41) is 12.1. The molecule has 1 aromatic rings. The lowest BCUT2D eigenvalue weighted by molar-refractivity contribution is 0.0696. The molecule has 3 nitrogen and oxygen atoms in total. The first-order valence-electron chi connectivity index (χ1n) is 6.94. The number of rotatable bonds is 3. The number of carboxylic acid groups (broad SMARTS) is 1. The fraction of sp³-hybridized carbons (Fsp3) is 0.533. The van der Waals surface area contributed by atoms with Crippen LogP contribution in [0.2, 0.25) is 0 Å². The van der Waals surface area contributed by atoms with Crippen molar-refractivity contribution >= 4 is 11.7 Å². The Labute approximate surface area is 110 Å². The zero-order valence-electron chi connectivity index (χ0n) is 10.5. The predicted octanol–water partition coefficient (Wildman–Crippen LogP) is 2.98. The van der Waals surface area contributed by atoms with Gasteiger partial charge in [0.05, 0.1) is 11.3 Å². The van der Waals surface area contributed by atoms with Crippen molar-refractivity contribution in [2.45, 2.75) is 25.3 Å². The van der Waals surface area contributed by atoms with E-state index in [2.05, 4.69) is 5.32 Å². The molecule has 0 spiro atoms. The zero-order valence-corrected chi connectivity index (χ0v) is 10.5. The summed E-state index contributed by atoms with van der Waals surface area (Å²) in [5.41, 5.74) is 0.447. The van der Waals surface area contributed by atoms with E-state index in [1.165, 1.54) is 25.3 Å². The summed E-state index contributed by atoms with van der Waals surface area (Å²) in [4.78, 5) is 10.8. The van der Waals surface area contributed by atoms with Gasteiger partial charge in [0, 0.05) is 6.04 Å². The average Bonchev–Trinajstić information content (AvgIpc) is 2.79. The molecule has 1 aromatic carbocycles. The SMILES string of the molecule is O=C(O)c1ccc(NC2C3C4CCC(C4)C23)c(F)c1. The maximum absolute atomic E-state index is 13.9. The second-order valence-corrected chi connectivity index (χ2v) is 6.16. The van der Waals surface area contributed by atoms with Gasteiger partial charge in [0.2, 0.25) is 0 Å². The Balaban J connectivity index is 1.51. The van der Waals surface area contributed by atoms with Crippen molar-refractivity contribution in [1.82, 2.24) is 0 Å². The number of carboxylic acids is 1. The Morgan fingerprint density at radius 1 is 1.26 bits per heavy atom. The molecule has 3 aliphatic carbocycles. The molecule has 0 radical (unpaired) electrons. The van der Waals surface area contributed by atoms with E-state index in [9.17, 15) is 9.18 Å². The van der Waals surface area contributed by atoms with E-state index in [1.807, 2.05) is 0 Å². The average molecular weight is 261 g/mol. The van der Waals surface area contributed by atoms with Gasteiger partial charge in [-0.1, -0.05) is 0 Å². The summed E-state index contributed by atoms with van der Waals surface area (Å²) in [6.07, 6.45) is 4.04. The number of benzene rings is 1. The Morgan fingerprint density at radius 3 is 2.53 bits per heavy atom. The van der Waals surface area contributed by atoms with Gasteiger partial charge in [-0.3, -0.25) is 0 Å². The monoisotopic (exact) mass is 261 g/mol. The van der Waals surface area contributed by atoms with Crippen LogP contribution in [0.1, 0.15) is 29.6 Å². The molecule has 3 fully saturated rings. The molecule has 100 valence electrons. The minimum absolute atomic E-state index is 0.000824. The molecule has 0 aromatic heterocycles. The van der Waals surface area contributed by atoms with Crippen molar-refractivity contribution in [1.29, 1.82) is 0 Å². The number of nitrogens with one attached hydrogen (secondary N) is 1. The van der Waals surface area contributed by atoms with Gasteiger partial charge >= 0.3 is 5.97 Å². The number of carbonyl (C=O) groups is 1. The largest absolute Gasteiger partial charge is 0.478 e. The number of aromatic carboxylic acids is 1. The molecule has 4 atom stereocenters. The molecule has 0 aliphatic heterocycles. The highest BCUT2D eigenvalue weighted by molar-refractivity contribution is 5.88. The quantitative estimate of drug-likeness (QED) is 0.879. The second-order valence-electron chi connectivity index (χ2n) is 6.16. The first kappa shape index (κ1) is 11.3. The van der Waals surface area contributed by atoms with Crippen molar-refractivity contribution in [3.05, 3.63) is 29.6 Å². The van der Waals surface area contributed by atoms with Gasteiger partial charge in [-0.05, 0) is 61.1 Å². The van der Waals surface area contributed by atoms with Crippen LogP contribution >= 0.6 is 0 Å². The van der Waals surface area contributed by atoms with Crippen LogP contribution in [0.15, 0.2) is 18.2 Å². The second kappa shape index (κ2) is 3.71. The first-order chi connectivity index (χ1) is 9.15. The summed E-state index contributed by atoms with van der Waals surface area (Å²) < 4.78 is 13.9. The molecule has 0 saturated heterocycles. The van der Waals surface area contributed by atoms with Crippen LogP contribution in [0.5, 0.6) is 0 Å². The molecule has 3 saturated carbocycles. The summed E-state index contributed by atoms with van der Waals surface area (Å²) in [6, 6.07) is 4.52. The Bertz CT molecular complexity index is 543. The number of halogens is 1. The van der Waals surface area contributed by atoms with Crippen LogP contribution < -0.4 is 5.32 Å². The number of fused-ring (bicyclic) bond motifs is 5. The molecular weight excluding hydrogens is 245 g/mol. The van der Waals surface area contributed by atoms with E-state index in [0.717, 1.165) is 29.7 Å². The molecule has 4 heteroatoms. The van der Waals surface area contributed by atoms with E-state index in [0.29, 0.717) is 11.7 Å². The number of hydrogen-bond acceptors (Lipinski definition) is 2. The van der Waals surface area contributed by atoms with Crippen LogP contribution in [0.3, 0.4) is 0 Å². The van der Waals surface area contributed by atoms with Crippen LogP contribution in [-0.4, -0.2) is 17.1 Å². The van der Waals surface area contributed by atoms with Crippen LogP contribution in [-0.2, 0) is 0 Å². The standard InChI is InChI=1S/C15H16FNO2/c16-10-6-9(15(18)19)3-4-11(10)17-14-12-7-1-2-8(5-7)13(12)14/h3-4,6-8,12-14,17H,1-2,5H2,(H,18,19). The van der Waals surface area contributed by atoms with Gasteiger partial charge in [0.15, 0.2) is 0 Å². The summed E-state index contributed by atoms with van der Waals surface area (Å²) >= 11 is 0. The van der Waals surface area contributed by atoms with Crippen LogP contribution in [0, 0.1) is 29.5 Å². The lowest BCUT2D eigenvalue weighted by Crippen LogP contribution is -2.14. The smallest absolute Gasteiger partial charge is 0.335 e. The van der Waals surface area contributed by atoms with E-state index in [4.69, 9.17) is 5.11 Å². The molecule has 19 heavy (non-hydrogen) atoms. The van der Waals surface area contributed by atoms with Gasteiger partial charge in [0.25, 0.3) is 0 Å². The lowest BCUT2D eigenvalue weighted by Gasteiger charge is -2.12. The van der Waals surface area contributed by atoms with Crippen molar-refractivity contribution in [3.63, 3.8) is 0 Å². The van der Waals surface area contributed by atoms with E-state index < -0.39 is 11.8 Å². The molecular formula is C15H16FNO2. The molecule has 4 unspecified atom stereocenters. The summed E-state index contributed by atoms with van der Waals surface area (Å²) in [6.45, 7) is 0. The minimum atomic E-state index is -1.09. The molecule has 2 bridgehead atoms. The molecule has 3 aliphatic rings. The number of anilines is 1. The third kappa shape index (κ3) is 1.58. The fourth-order valence-electron chi connectivity index (χ4n) is 4.46. The van der Waals surface area contributed by atoms with Crippen molar-refractivity contribution in [2.24, 2.45) is 23.7 Å². The van der Waals surface area contributed by atoms with Gasteiger partial charge in [-0.15, -0.1) is 0 Å². The number of hydrogen-bond donors (Lipinski definition) is 2. The van der Waals surface area contributed by atoms with Crippen molar-refractivity contribution in [2.75, 3.05) is 5.32 Å². The molecule has 0 heterocycles. The Kier molecular flexibility index (Phi) is 2.20. The zero-order chi connectivity index (χ0) is 13.1. The Hall–Kier alpha value is -1.58. The summed E-state index contributed by atoms with van der Waals surface area (Å²) in [5.74, 6) is 1.60. The van der Waals surface area contributed by atoms with Crippen LogP contribution in [0.25, 0.3) is 0 Å². The highest BCUT2D eigenvalue weighted by Gasteiger charge is 2.65. The molecule has 0 amide bonds. The van der Waals surface area contributed by atoms with E-state index in [-0.39, 0.29) is 5.56 Å². The van der Waals surface area contributed by atoms with E-state index >= 15 is 0 Å². The van der Waals surface area contributed by atoms with Gasteiger partial charge < -0.3 is 10.4 Å². The molecule has 4 rings (SSSR count). The maximum Gasteiger partial charge on any atom is 0.335 e. The van der Waals surface area contributed by atoms with Gasteiger partial charge in [-0.2, -0.15) is 0 Å². The topological polar surface area (TPSA) is 49.3 Å². The van der Waals surface area contributed by atoms with Crippen molar-refractivity contribution < 1.29 is 14.3 Å². The highest BCUT2D eigenvalue weighted by Crippen LogP contribution is 2.66. The minimum Gasteiger partial charge on any atom is -0.478 e. The van der Waals surface area contributed by atoms with Gasteiger partial charge in [-0.25, -0.2) is 9.18 Å².